The highest BCUT2D eigenvalue weighted by Gasteiger charge is 2.22. The largest absolute Gasteiger partial charge is 0.316 e. The molecule has 3 heteroatoms. The minimum Gasteiger partial charge on any atom is -0.316 e. The number of hydrogen-bond donors (Lipinski definition) is 1. The Morgan fingerprint density at radius 1 is 1.15 bits per heavy atom. The molecule has 1 aromatic heterocycles. The maximum atomic E-state index is 4.90. The van der Waals surface area contributed by atoms with E-state index < -0.39 is 0 Å². The quantitative estimate of drug-likeness (QED) is 0.907. The number of aryl methyl sites for hydroxylation is 1. The number of aromatic nitrogens is 2. The summed E-state index contributed by atoms with van der Waals surface area (Å²) in [4.78, 5) is 0. The van der Waals surface area contributed by atoms with E-state index in [2.05, 4.69) is 55.0 Å². The highest BCUT2D eigenvalue weighted by Crippen LogP contribution is 2.32. The van der Waals surface area contributed by atoms with Crippen LogP contribution >= 0.6 is 0 Å². The van der Waals surface area contributed by atoms with E-state index in [4.69, 9.17) is 5.10 Å². The Kier molecular flexibility index (Phi) is 3.62. The van der Waals surface area contributed by atoms with Crippen LogP contribution in [0.15, 0.2) is 24.3 Å². The van der Waals surface area contributed by atoms with Crippen molar-refractivity contribution in [2.24, 2.45) is 0 Å². The molecule has 0 bridgehead atoms. The van der Waals surface area contributed by atoms with Gasteiger partial charge in [-0.2, -0.15) is 5.10 Å². The zero-order chi connectivity index (χ0) is 14.1. The van der Waals surface area contributed by atoms with E-state index in [0.717, 1.165) is 25.9 Å². The minimum atomic E-state index is 0.393. The molecule has 0 spiro atoms. The first-order valence-corrected chi connectivity index (χ1v) is 7.55. The second kappa shape index (κ2) is 5.41. The minimum absolute atomic E-state index is 0.393. The number of nitrogens with one attached hydrogen (secondary N) is 1. The van der Waals surface area contributed by atoms with Crippen molar-refractivity contribution >= 4 is 0 Å². The van der Waals surface area contributed by atoms with Gasteiger partial charge in [0.15, 0.2) is 0 Å². The molecule has 0 amide bonds. The maximum Gasteiger partial charge on any atom is 0.0723 e. The van der Waals surface area contributed by atoms with Crippen LogP contribution in [0.4, 0.5) is 0 Å². The fourth-order valence-electron chi connectivity index (χ4n) is 3.02. The molecule has 0 aliphatic carbocycles. The van der Waals surface area contributed by atoms with Gasteiger partial charge in [-0.1, -0.05) is 24.3 Å². The van der Waals surface area contributed by atoms with Crippen LogP contribution in [0.5, 0.6) is 0 Å². The van der Waals surface area contributed by atoms with Crippen LogP contribution in [0.25, 0.3) is 11.3 Å². The molecule has 1 aliphatic rings. The third kappa shape index (κ3) is 2.27. The van der Waals surface area contributed by atoms with Crippen molar-refractivity contribution < 1.29 is 0 Å². The molecular formula is C17H23N3. The molecule has 0 saturated heterocycles. The first kappa shape index (κ1) is 13.4. The second-order valence-corrected chi connectivity index (χ2v) is 5.88. The van der Waals surface area contributed by atoms with Crippen molar-refractivity contribution in [3.05, 3.63) is 41.1 Å². The highest BCUT2D eigenvalue weighted by molar-refractivity contribution is 5.68. The van der Waals surface area contributed by atoms with E-state index in [0.29, 0.717) is 6.04 Å². The lowest BCUT2D eigenvalue weighted by molar-refractivity contribution is 0.529. The molecule has 1 aliphatic heterocycles. The number of hydrogen-bond acceptors (Lipinski definition) is 2. The van der Waals surface area contributed by atoms with Crippen LogP contribution in [-0.2, 0) is 12.8 Å². The van der Waals surface area contributed by atoms with Gasteiger partial charge in [-0.25, -0.2) is 0 Å². The predicted molar refractivity (Wildman–Crippen MR) is 83.1 cm³/mol. The van der Waals surface area contributed by atoms with Gasteiger partial charge >= 0.3 is 0 Å². The Labute approximate surface area is 121 Å². The predicted octanol–water partition coefficient (Wildman–Crippen LogP) is 3.13. The fourth-order valence-corrected chi connectivity index (χ4v) is 3.02. The summed E-state index contributed by atoms with van der Waals surface area (Å²) in [5.41, 5.74) is 6.71. The van der Waals surface area contributed by atoms with Gasteiger partial charge in [-0.15, -0.1) is 0 Å². The zero-order valence-corrected chi connectivity index (χ0v) is 12.6. The molecule has 3 nitrogen and oxygen atoms in total. The SMILES string of the molecule is Cc1ccccc1-c1c2c(nn1C(C)C)CCNCC2. The molecule has 1 aromatic carbocycles. The van der Waals surface area contributed by atoms with Gasteiger partial charge in [-0.3, -0.25) is 4.68 Å². The monoisotopic (exact) mass is 269 g/mol. The molecule has 0 saturated carbocycles. The first-order valence-electron chi connectivity index (χ1n) is 7.55. The molecule has 0 unspecified atom stereocenters. The smallest absolute Gasteiger partial charge is 0.0723 e. The number of nitrogens with zero attached hydrogens (tertiary/aromatic N) is 2. The molecule has 3 rings (SSSR count). The summed E-state index contributed by atoms with van der Waals surface area (Å²) in [7, 11) is 0. The lowest BCUT2D eigenvalue weighted by Crippen LogP contribution is -2.17. The fraction of sp³-hybridized carbons (Fsp3) is 0.471. The van der Waals surface area contributed by atoms with E-state index in [1.807, 2.05) is 0 Å². The van der Waals surface area contributed by atoms with E-state index in [-0.39, 0.29) is 0 Å². The summed E-state index contributed by atoms with van der Waals surface area (Å²) in [6.45, 7) is 8.71. The average Bonchev–Trinajstić information content (AvgIpc) is 2.63. The van der Waals surface area contributed by atoms with Gasteiger partial charge in [-0.05, 0) is 39.3 Å². The van der Waals surface area contributed by atoms with Crippen molar-refractivity contribution in [2.45, 2.75) is 39.7 Å². The van der Waals surface area contributed by atoms with E-state index >= 15 is 0 Å². The lowest BCUT2D eigenvalue weighted by atomic mass is 9.99. The molecular weight excluding hydrogens is 246 g/mol. The number of fused-ring (bicyclic) bond motifs is 1. The normalized spacial score (nSPS) is 15.2. The Hall–Kier alpha value is -1.61. The van der Waals surface area contributed by atoms with Crippen molar-refractivity contribution in [3.8, 4) is 11.3 Å². The third-order valence-corrected chi connectivity index (χ3v) is 4.07. The summed E-state index contributed by atoms with van der Waals surface area (Å²) >= 11 is 0. The molecule has 20 heavy (non-hydrogen) atoms. The first-order chi connectivity index (χ1) is 9.68. The van der Waals surface area contributed by atoms with Crippen molar-refractivity contribution in [2.75, 3.05) is 13.1 Å². The molecule has 0 radical (unpaired) electrons. The van der Waals surface area contributed by atoms with E-state index in [9.17, 15) is 0 Å². The Morgan fingerprint density at radius 3 is 2.65 bits per heavy atom. The van der Waals surface area contributed by atoms with Crippen molar-refractivity contribution in [1.82, 2.24) is 15.1 Å². The molecule has 0 fully saturated rings. The third-order valence-electron chi connectivity index (χ3n) is 4.07. The van der Waals surface area contributed by atoms with Gasteiger partial charge in [0.1, 0.15) is 0 Å². The van der Waals surface area contributed by atoms with Crippen LogP contribution < -0.4 is 5.32 Å². The summed E-state index contributed by atoms with van der Waals surface area (Å²) in [6.07, 6.45) is 2.11. The van der Waals surface area contributed by atoms with Crippen LogP contribution in [0, 0.1) is 6.92 Å². The highest BCUT2D eigenvalue weighted by atomic mass is 15.3. The lowest BCUT2D eigenvalue weighted by Gasteiger charge is -2.15. The Morgan fingerprint density at radius 2 is 1.90 bits per heavy atom. The van der Waals surface area contributed by atoms with Crippen molar-refractivity contribution in [1.29, 1.82) is 0 Å². The van der Waals surface area contributed by atoms with Gasteiger partial charge in [0.2, 0.25) is 0 Å². The van der Waals surface area contributed by atoms with Crippen molar-refractivity contribution in [3.63, 3.8) is 0 Å². The molecule has 0 atom stereocenters. The summed E-state index contributed by atoms with van der Waals surface area (Å²) in [5.74, 6) is 0. The molecule has 2 aromatic rings. The standard InChI is InChI=1S/C17H23N3/c1-12(2)20-17(14-7-5-4-6-13(14)3)15-8-10-18-11-9-16(15)19-20/h4-7,12,18H,8-11H2,1-3H3. The zero-order valence-electron chi connectivity index (χ0n) is 12.6. The Balaban J connectivity index is 2.22. The second-order valence-electron chi connectivity index (χ2n) is 5.88. The van der Waals surface area contributed by atoms with E-state index in [1.54, 1.807) is 0 Å². The van der Waals surface area contributed by atoms with Crippen LogP contribution in [-0.4, -0.2) is 22.9 Å². The molecule has 1 N–H and O–H groups in total. The summed E-state index contributed by atoms with van der Waals surface area (Å²) < 4.78 is 2.22. The summed E-state index contributed by atoms with van der Waals surface area (Å²) in [6, 6.07) is 9.04. The van der Waals surface area contributed by atoms with Gasteiger partial charge < -0.3 is 5.32 Å². The topological polar surface area (TPSA) is 29.9 Å². The Bertz CT molecular complexity index is 611. The number of rotatable bonds is 2. The van der Waals surface area contributed by atoms with Crippen LogP contribution in [0.2, 0.25) is 0 Å². The van der Waals surface area contributed by atoms with Gasteiger partial charge in [0, 0.05) is 30.1 Å². The van der Waals surface area contributed by atoms with Gasteiger partial charge in [0.25, 0.3) is 0 Å². The number of benzene rings is 1. The van der Waals surface area contributed by atoms with Crippen LogP contribution in [0.1, 0.15) is 36.7 Å². The molecule has 2 heterocycles. The van der Waals surface area contributed by atoms with Crippen LogP contribution in [0.3, 0.4) is 0 Å². The maximum absolute atomic E-state index is 4.90. The molecule has 106 valence electrons. The summed E-state index contributed by atoms with van der Waals surface area (Å²) in [5, 5.41) is 8.38. The van der Waals surface area contributed by atoms with E-state index in [1.165, 1.54) is 28.1 Å². The van der Waals surface area contributed by atoms with Gasteiger partial charge in [0.05, 0.1) is 11.4 Å². The average molecular weight is 269 g/mol.